The van der Waals surface area contributed by atoms with Crippen molar-refractivity contribution < 1.29 is 0 Å². The molecular weight excluding hydrogens is 244 g/mol. The van der Waals surface area contributed by atoms with Gasteiger partial charge in [-0.05, 0) is 36.7 Å². The lowest BCUT2D eigenvalue weighted by Gasteiger charge is -2.33. The zero-order valence-electron chi connectivity index (χ0n) is 11.2. The lowest BCUT2D eigenvalue weighted by Crippen LogP contribution is -2.34. The molecule has 0 bridgehead atoms. The molecule has 0 aromatic carbocycles. The molecular formula is C11H18N8. The monoisotopic (exact) mass is 262 g/mol. The van der Waals surface area contributed by atoms with Crippen LogP contribution < -0.4 is 0 Å². The molecule has 0 aliphatic carbocycles. The summed E-state index contributed by atoms with van der Waals surface area (Å²) < 4.78 is 1.72. The van der Waals surface area contributed by atoms with E-state index in [9.17, 15) is 0 Å². The van der Waals surface area contributed by atoms with Crippen LogP contribution in [0.2, 0.25) is 0 Å². The molecule has 1 aliphatic heterocycles. The van der Waals surface area contributed by atoms with Gasteiger partial charge in [0.15, 0.2) is 11.6 Å². The van der Waals surface area contributed by atoms with Gasteiger partial charge in [-0.3, -0.25) is 10.00 Å². The molecule has 0 radical (unpaired) electrons. The first-order valence-corrected chi connectivity index (χ1v) is 6.58. The van der Waals surface area contributed by atoms with Crippen LogP contribution in [0.15, 0.2) is 0 Å². The van der Waals surface area contributed by atoms with E-state index in [1.165, 1.54) is 12.8 Å². The van der Waals surface area contributed by atoms with Crippen molar-refractivity contribution in [3.8, 4) is 0 Å². The average molecular weight is 262 g/mol. The highest BCUT2D eigenvalue weighted by atomic mass is 15.5. The molecule has 1 saturated heterocycles. The third-order valence-corrected chi connectivity index (χ3v) is 3.58. The predicted octanol–water partition coefficient (Wildman–Crippen LogP) is 0.364. The second kappa shape index (κ2) is 5.04. The van der Waals surface area contributed by atoms with Crippen LogP contribution in [-0.2, 0) is 13.6 Å². The first kappa shape index (κ1) is 12.2. The molecule has 3 heterocycles. The van der Waals surface area contributed by atoms with Crippen LogP contribution in [0.5, 0.6) is 0 Å². The second-order valence-electron chi connectivity index (χ2n) is 4.98. The number of H-pyrrole nitrogens is 1. The fraction of sp³-hybridized carbons (Fsp3) is 0.727. The second-order valence-corrected chi connectivity index (χ2v) is 4.98. The number of nitrogens with one attached hydrogen (secondary N) is 1. The van der Waals surface area contributed by atoms with Crippen LogP contribution in [0.3, 0.4) is 0 Å². The zero-order valence-corrected chi connectivity index (χ0v) is 11.2. The minimum Gasteiger partial charge on any atom is -0.286 e. The Morgan fingerprint density at radius 2 is 2.26 bits per heavy atom. The van der Waals surface area contributed by atoms with Crippen LogP contribution >= 0.6 is 0 Å². The molecule has 0 spiro atoms. The lowest BCUT2D eigenvalue weighted by atomic mass is 10.0. The number of nitrogens with zero attached hydrogens (tertiary/aromatic N) is 7. The Bertz CT molecular complexity index is 544. The minimum atomic E-state index is 0.260. The van der Waals surface area contributed by atoms with Crippen molar-refractivity contribution in [2.75, 3.05) is 6.54 Å². The molecule has 19 heavy (non-hydrogen) atoms. The largest absolute Gasteiger partial charge is 0.286 e. The maximum atomic E-state index is 4.47. The summed E-state index contributed by atoms with van der Waals surface area (Å²) in [7, 11) is 1.87. The summed E-state index contributed by atoms with van der Waals surface area (Å²) in [4.78, 5) is 6.83. The molecule has 1 unspecified atom stereocenters. The fourth-order valence-electron chi connectivity index (χ4n) is 2.55. The molecule has 2 aromatic heterocycles. The molecule has 3 rings (SSSR count). The number of hydrogen-bond donors (Lipinski definition) is 1. The third-order valence-electron chi connectivity index (χ3n) is 3.58. The van der Waals surface area contributed by atoms with Gasteiger partial charge in [0.05, 0.1) is 12.6 Å². The van der Waals surface area contributed by atoms with Crippen molar-refractivity contribution in [3.05, 3.63) is 17.5 Å². The molecule has 8 heteroatoms. The smallest absolute Gasteiger partial charge is 0.167 e. The number of rotatable bonds is 3. The Labute approximate surface area is 111 Å². The van der Waals surface area contributed by atoms with E-state index in [1.54, 1.807) is 4.68 Å². The van der Waals surface area contributed by atoms with Crippen LogP contribution in [0.25, 0.3) is 0 Å². The van der Waals surface area contributed by atoms with E-state index < -0.39 is 0 Å². The van der Waals surface area contributed by atoms with Crippen LogP contribution in [0, 0.1) is 6.92 Å². The van der Waals surface area contributed by atoms with Crippen molar-refractivity contribution in [2.45, 2.75) is 38.8 Å². The zero-order chi connectivity index (χ0) is 13.2. The van der Waals surface area contributed by atoms with Gasteiger partial charge in [0.25, 0.3) is 0 Å². The first-order chi connectivity index (χ1) is 9.24. The molecule has 1 atom stereocenters. The van der Waals surface area contributed by atoms with Crippen molar-refractivity contribution in [1.82, 2.24) is 40.3 Å². The maximum absolute atomic E-state index is 4.47. The van der Waals surface area contributed by atoms with Crippen molar-refractivity contribution in [3.63, 3.8) is 0 Å². The van der Waals surface area contributed by atoms with Crippen molar-refractivity contribution >= 4 is 0 Å². The summed E-state index contributed by atoms with van der Waals surface area (Å²) in [5.41, 5.74) is 0. The number of aryl methyl sites for hydroxylation is 2. The number of aromatic nitrogens is 7. The average Bonchev–Trinajstić information content (AvgIpc) is 3.00. The Morgan fingerprint density at radius 3 is 2.95 bits per heavy atom. The Morgan fingerprint density at radius 1 is 1.37 bits per heavy atom. The SMILES string of the molecule is Cc1nc(C2CCCCN2Cc2nnnn2C)n[nH]1. The van der Waals surface area contributed by atoms with Crippen LogP contribution in [0.1, 0.15) is 42.8 Å². The topological polar surface area (TPSA) is 88.4 Å². The summed E-state index contributed by atoms with van der Waals surface area (Å²) >= 11 is 0. The number of likely N-dealkylation sites (tertiary alicyclic amines) is 1. The van der Waals surface area contributed by atoms with E-state index in [0.29, 0.717) is 0 Å². The van der Waals surface area contributed by atoms with E-state index in [0.717, 1.165) is 37.0 Å². The fourth-order valence-corrected chi connectivity index (χ4v) is 2.55. The van der Waals surface area contributed by atoms with E-state index in [4.69, 9.17) is 0 Å². The quantitative estimate of drug-likeness (QED) is 0.859. The van der Waals surface area contributed by atoms with Gasteiger partial charge in [-0.15, -0.1) is 5.10 Å². The number of piperidine rings is 1. The third kappa shape index (κ3) is 2.48. The predicted molar refractivity (Wildman–Crippen MR) is 66.9 cm³/mol. The lowest BCUT2D eigenvalue weighted by molar-refractivity contribution is 0.129. The Hall–Kier alpha value is -1.83. The molecule has 0 saturated carbocycles. The van der Waals surface area contributed by atoms with Gasteiger partial charge in [0, 0.05) is 7.05 Å². The van der Waals surface area contributed by atoms with E-state index in [-0.39, 0.29) is 6.04 Å². The summed E-state index contributed by atoms with van der Waals surface area (Å²) in [6.07, 6.45) is 3.50. The van der Waals surface area contributed by atoms with E-state index >= 15 is 0 Å². The van der Waals surface area contributed by atoms with Gasteiger partial charge < -0.3 is 0 Å². The van der Waals surface area contributed by atoms with Gasteiger partial charge in [-0.25, -0.2) is 9.67 Å². The number of tetrazole rings is 1. The molecule has 1 fully saturated rings. The highest BCUT2D eigenvalue weighted by Gasteiger charge is 2.28. The van der Waals surface area contributed by atoms with Crippen LogP contribution in [0.4, 0.5) is 0 Å². The Balaban J connectivity index is 1.79. The molecule has 8 nitrogen and oxygen atoms in total. The van der Waals surface area contributed by atoms with Crippen molar-refractivity contribution in [2.24, 2.45) is 7.05 Å². The van der Waals surface area contributed by atoms with Gasteiger partial charge in [0.1, 0.15) is 5.82 Å². The molecule has 102 valence electrons. The van der Waals surface area contributed by atoms with Gasteiger partial charge in [0.2, 0.25) is 0 Å². The maximum Gasteiger partial charge on any atom is 0.167 e. The van der Waals surface area contributed by atoms with E-state index in [1.807, 2.05) is 14.0 Å². The van der Waals surface area contributed by atoms with Gasteiger partial charge >= 0.3 is 0 Å². The number of hydrogen-bond acceptors (Lipinski definition) is 6. The Kier molecular flexibility index (Phi) is 3.24. The van der Waals surface area contributed by atoms with E-state index in [2.05, 4.69) is 35.6 Å². The molecule has 1 aliphatic rings. The van der Waals surface area contributed by atoms with Crippen molar-refractivity contribution in [1.29, 1.82) is 0 Å². The summed E-state index contributed by atoms with van der Waals surface area (Å²) in [5, 5.41) is 18.8. The highest BCUT2D eigenvalue weighted by molar-refractivity contribution is 4.99. The van der Waals surface area contributed by atoms with Gasteiger partial charge in [-0.2, -0.15) is 5.10 Å². The normalized spacial score (nSPS) is 20.8. The first-order valence-electron chi connectivity index (χ1n) is 6.58. The summed E-state index contributed by atoms with van der Waals surface area (Å²) in [6.45, 7) is 3.70. The molecule has 2 aromatic rings. The number of aromatic amines is 1. The molecule has 0 amide bonds. The molecule has 1 N–H and O–H groups in total. The summed E-state index contributed by atoms with van der Waals surface area (Å²) in [6, 6.07) is 0.260. The van der Waals surface area contributed by atoms with Gasteiger partial charge in [-0.1, -0.05) is 6.42 Å². The standard InChI is InChI=1S/C11H18N8/c1-8-12-11(15-13-8)9-5-3-4-6-19(9)7-10-14-16-17-18(10)2/h9H,3-7H2,1-2H3,(H,12,13,15). The van der Waals surface area contributed by atoms with Crippen LogP contribution in [-0.4, -0.2) is 46.8 Å². The summed E-state index contributed by atoms with van der Waals surface area (Å²) in [5.74, 6) is 2.62. The highest BCUT2D eigenvalue weighted by Crippen LogP contribution is 2.29. The minimum absolute atomic E-state index is 0.260.